The van der Waals surface area contributed by atoms with Crippen molar-refractivity contribution in [2.24, 2.45) is 0 Å². The van der Waals surface area contributed by atoms with Crippen molar-refractivity contribution >= 4 is 17.1 Å². The third kappa shape index (κ3) is 7.92. The van der Waals surface area contributed by atoms with E-state index in [2.05, 4.69) is 251 Å². The number of benzene rings is 9. The second kappa shape index (κ2) is 18.3. The van der Waals surface area contributed by atoms with Crippen LogP contribution in [0.5, 0.6) is 11.5 Å². The largest absolute Gasteiger partial charge is 0.457 e. The summed E-state index contributed by atoms with van der Waals surface area (Å²) in [5.41, 5.74) is 19.9. The van der Waals surface area contributed by atoms with Gasteiger partial charge >= 0.3 is 0 Å². The molecule has 0 aliphatic heterocycles. The number of ether oxygens (including phenoxy) is 1. The van der Waals surface area contributed by atoms with Gasteiger partial charge < -0.3 is 9.64 Å². The number of fused-ring (bicyclic) bond motifs is 4. The Balaban J connectivity index is 0.953. The van der Waals surface area contributed by atoms with Crippen LogP contribution in [0.4, 0.5) is 17.1 Å². The van der Waals surface area contributed by atoms with E-state index in [-0.39, 0.29) is 0 Å². The molecule has 2 nitrogen and oxygen atoms in total. The molecule has 68 heavy (non-hydrogen) atoms. The minimum atomic E-state index is -0.593. The first kappa shape index (κ1) is 43.2. The average Bonchev–Trinajstić information content (AvgIpc) is 3.67. The van der Waals surface area contributed by atoms with Crippen LogP contribution in [0.25, 0.3) is 22.3 Å². The van der Waals surface area contributed by atoms with Crippen LogP contribution < -0.4 is 9.64 Å². The molecule has 9 aromatic rings. The van der Waals surface area contributed by atoms with Gasteiger partial charge in [0.2, 0.25) is 0 Å². The topological polar surface area (TPSA) is 12.5 Å². The molecule has 9 aromatic carbocycles. The van der Waals surface area contributed by atoms with Crippen molar-refractivity contribution < 1.29 is 4.74 Å². The Morgan fingerprint density at radius 3 is 1.65 bits per heavy atom. The second-order valence-corrected chi connectivity index (χ2v) is 19.4. The Hall–Kier alpha value is -7.42. The van der Waals surface area contributed by atoms with Crippen LogP contribution in [0, 0.1) is 0 Å². The minimum absolute atomic E-state index is 0.426. The zero-order valence-electron chi connectivity index (χ0n) is 39.7. The summed E-state index contributed by atoms with van der Waals surface area (Å²) in [4.78, 5) is 2.39. The highest BCUT2D eigenvalue weighted by Crippen LogP contribution is 2.57. The molecule has 2 aliphatic carbocycles. The van der Waals surface area contributed by atoms with Crippen molar-refractivity contribution in [3.05, 3.63) is 268 Å². The maximum atomic E-state index is 6.63. The van der Waals surface area contributed by atoms with E-state index in [9.17, 15) is 0 Å². The Kier molecular flexibility index (Phi) is 11.6. The van der Waals surface area contributed by atoms with Gasteiger partial charge in [-0.3, -0.25) is 0 Å². The number of aryl methyl sites for hydroxylation is 2. The van der Waals surface area contributed by atoms with Gasteiger partial charge in [0, 0.05) is 17.1 Å². The Morgan fingerprint density at radius 1 is 0.456 bits per heavy atom. The molecule has 0 heterocycles. The first-order valence-corrected chi connectivity index (χ1v) is 24.7. The summed E-state index contributed by atoms with van der Waals surface area (Å²) in [7, 11) is 0. The number of hydrogen-bond acceptors (Lipinski definition) is 2. The van der Waals surface area contributed by atoms with E-state index in [0.717, 1.165) is 41.4 Å². The maximum absolute atomic E-state index is 6.63. The monoisotopic (exact) mass is 881 g/mol. The summed E-state index contributed by atoms with van der Waals surface area (Å²) in [6.45, 7) is 9.24. The van der Waals surface area contributed by atoms with Crippen LogP contribution in [0.3, 0.4) is 0 Å². The van der Waals surface area contributed by atoms with Crippen molar-refractivity contribution in [1.82, 2.24) is 0 Å². The molecule has 0 saturated heterocycles. The van der Waals surface area contributed by atoms with E-state index in [1.165, 1.54) is 79.6 Å². The number of anilines is 3. The lowest BCUT2D eigenvalue weighted by Gasteiger charge is -2.35. The third-order valence-corrected chi connectivity index (χ3v) is 15.0. The highest BCUT2D eigenvalue weighted by Gasteiger charge is 2.46. The van der Waals surface area contributed by atoms with E-state index in [0.29, 0.717) is 17.8 Å². The fourth-order valence-electron chi connectivity index (χ4n) is 11.1. The van der Waals surface area contributed by atoms with Crippen LogP contribution in [-0.4, -0.2) is 0 Å². The molecule has 0 spiro atoms. The van der Waals surface area contributed by atoms with Crippen molar-refractivity contribution in [1.29, 1.82) is 0 Å². The Morgan fingerprint density at radius 2 is 1.00 bits per heavy atom. The van der Waals surface area contributed by atoms with Gasteiger partial charge in [0.05, 0.1) is 5.41 Å². The average molecular weight is 882 g/mol. The molecular formula is C66H59NO. The fourth-order valence-corrected chi connectivity index (χ4v) is 11.1. The van der Waals surface area contributed by atoms with Gasteiger partial charge in [0.15, 0.2) is 0 Å². The van der Waals surface area contributed by atoms with Crippen LogP contribution in [-0.2, 0) is 18.3 Å². The number of hydrogen-bond donors (Lipinski definition) is 0. The van der Waals surface area contributed by atoms with Gasteiger partial charge in [-0.25, -0.2) is 0 Å². The molecule has 11 rings (SSSR count). The van der Waals surface area contributed by atoms with Gasteiger partial charge in [0.1, 0.15) is 11.5 Å². The van der Waals surface area contributed by atoms with Gasteiger partial charge in [-0.05, 0) is 176 Å². The zero-order chi connectivity index (χ0) is 46.2. The lowest BCUT2D eigenvalue weighted by Crippen LogP contribution is -2.29. The van der Waals surface area contributed by atoms with Gasteiger partial charge in [-0.1, -0.05) is 185 Å². The van der Waals surface area contributed by atoms with Crippen molar-refractivity contribution in [3.63, 3.8) is 0 Å². The quantitative estimate of drug-likeness (QED) is 0.108. The molecule has 3 unspecified atom stereocenters. The SMILES string of the molecule is CCC(CC(C)c1ccc(Oc2ccc(C3(c4ccc(C(C)C)cc4)c4ccccc4-c4ccc(N(c5ccccc5)c5ccc(-c6ccccc6)cc5)cc43)cc2)cc1)c1ccc2c(c1)CC2. The van der Waals surface area contributed by atoms with E-state index in [1.807, 2.05) is 0 Å². The molecule has 334 valence electrons. The highest BCUT2D eigenvalue weighted by molar-refractivity contribution is 5.89. The number of nitrogens with zero attached hydrogens (tertiary/aromatic N) is 1. The molecule has 2 heteroatoms. The Bertz CT molecular complexity index is 3170. The minimum Gasteiger partial charge on any atom is -0.457 e. The molecule has 0 fully saturated rings. The lowest BCUT2D eigenvalue weighted by molar-refractivity contribution is 0.481. The first-order chi connectivity index (χ1) is 33.4. The fraction of sp³-hybridized carbons (Fsp3) is 0.182. The van der Waals surface area contributed by atoms with E-state index < -0.39 is 5.41 Å². The summed E-state index contributed by atoms with van der Waals surface area (Å²) in [6.07, 6.45) is 4.76. The van der Waals surface area contributed by atoms with Crippen LogP contribution in [0.2, 0.25) is 0 Å². The van der Waals surface area contributed by atoms with Gasteiger partial charge in [-0.15, -0.1) is 0 Å². The molecule has 0 saturated carbocycles. The number of rotatable bonds is 14. The predicted octanol–water partition coefficient (Wildman–Crippen LogP) is 17.9. The van der Waals surface area contributed by atoms with Gasteiger partial charge in [0.25, 0.3) is 0 Å². The van der Waals surface area contributed by atoms with Crippen molar-refractivity contribution in [3.8, 4) is 33.8 Å². The summed E-state index contributed by atoms with van der Waals surface area (Å²) in [5.74, 6) is 3.10. The predicted molar refractivity (Wildman–Crippen MR) is 284 cm³/mol. The third-order valence-electron chi connectivity index (χ3n) is 15.0. The molecule has 0 aromatic heterocycles. The van der Waals surface area contributed by atoms with Crippen molar-refractivity contribution in [2.75, 3.05) is 4.90 Å². The summed E-state index contributed by atoms with van der Waals surface area (Å²) < 4.78 is 6.63. The maximum Gasteiger partial charge on any atom is 0.127 e. The molecule has 0 radical (unpaired) electrons. The van der Waals surface area contributed by atoms with Crippen LogP contribution in [0.1, 0.15) is 108 Å². The molecule has 2 aliphatic rings. The highest BCUT2D eigenvalue weighted by atomic mass is 16.5. The second-order valence-electron chi connectivity index (χ2n) is 19.4. The van der Waals surface area contributed by atoms with Crippen LogP contribution >= 0.6 is 0 Å². The zero-order valence-corrected chi connectivity index (χ0v) is 39.7. The molecule has 0 bridgehead atoms. The Labute approximate surface area is 403 Å². The molecule has 0 N–H and O–H groups in total. The normalized spacial score (nSPS) is 15.4. The van der Waals surface area contributed by atoms with E-state index in [1.54, 1.807) is 5.56 Å². The van der Waals surface area contributed by atoms with E-state index >= 15 is 0 Å². The van der Waals surface area contributed by atoms with Gasteiger partial charge in [-0.2, -0.15) is 0 Å². The summed E-state index contributed by atoms with van der Waals surface area (Å²) >= 11 is 0. The summed E-state index contributed by atoms with van der Waals surface area (Å²) in [5, 5.41) is 0. The molecule has 0 amide bonds. The lowest BCUT2D eigenvalue weighted by atomic mass is 9.67. The number of para-hydroxylation sites is 1. The molecular weight excluding hydrogens is 823 g/mol. The smallest absolute Gasteiger partial charge is 0.127 e. The first-order valence-electron chi connectivity index (χ1n) is 24.7. The van der Waals surface area contributed by atoms with E-state index in [4.69, 9.17) is 4.74 Å². The standard InChI is InChI=1S/C66H59NO/c1-5-47(53-22-20-52-21-23-54(52)43-53)42-46(4)49-28-37-60(38-29-49)68-61-39-32-56(33-40-61)66(55-30-24-48(25-31-55)45(2)3)64-19-13-12-18-62(64)63-41-36-59(44-65(63)66)67(57-16-10-7-11-17-57)58-34-26-51(27-35-58)50-14-8-6-9-15-50/h6-20,22,24-41,43-47H,5,21,23,42H2,1-4H3. The molecule has 3 atom stereocenters. The van der Waals surface area contributed by atoms with Crippen LogP contribution in [0.15, 0.2) is 218 Å². The van der Waals surface area contributed by atoms with Crippen molar-refractivity contribution in [2.45, 2.75) is 76.5 Å². The summed E-state index contributed by atoms with van der Waals surface area (Å²) in [6, 6.07) is 80.7.